The molecule has 2 heterocycles. The van der Waals surface area contributed by atoms with Crippen molar-refractivity contribution in [1.29, 1.82) is 0 Å². The van der Waals surface area contributed by atoms with Crippen LogP contribution in [0.2, 0.25) is 0 Å². The van der Waals surface area contributed by atoms with Gasteiger partial charge in [0.25, 0.3) is 0 Å². The van der Waals surface area contributed by atoms with Gasteiger partial charge in [0.2, 0.25) is 10.0 Å². The van der Waals surface area contributed by atoms with E-state index in [0.717, 1.165) is 12.8 Å². The Balaban J connectivity index is 1.68. The first kappa shape index (κ1) is 15.5. The van der Waals surface area contributed by atoms with Crippen molar-refractivity contribution >= 4 is 26.0 Å². The van der Waals surface area contributed by atoms with Crippen LogP contribution in [0.4, 0.5) is 0 Å². The van der Waals surface area contributed by atoms with Crippen LogP contribution >= 0.6 is 15.9 Å². The third kappa shape index (κ3) is 4.07. The van der Waals surface area contributed by atoms with Crippen LogP contribution in [0, 0.1) is 0 Å². The van der Waals surface area contributed by atoms with E-state index in [9.17, 15) is 8.42 Å². The number of hydrogen-bond donors (Lipinski definition) is 2. The van der Waals surface area contributed by atoms with E-state index in [-0.39, 0.29) is 15.6 Å². The molecule has 3 rings (SSSR count). The molecule has 1 aromatic rings. The fourth-order valence-corrected chi connectivity index (χ4v) is 4.57. The van der Waals surface area contributed by atoms with Gasteiger partial charge in [0.1, 0.15) is 10.7 Å². The molecule has 1 saturated heterocycles. The number of halogens is 1. The minimum Gasteiger partial charge on any atom is -0.452 e. The van der Waals surface area contributed by atoms with Crippen LogP contribution in [-0.4, -0.2) is 33.7 Å². The van der Waals surface area contributed by atoms with Crippen LogP contribution < -0.4 is 10.0 Å². The summed E-state index contributed by atoms with van der Waals surface area (Å²) in [6.07, 6.45) is 4.02. The van der Waals surface area contributed by atoms with E-state index in [1.165, 1.54) is 12.8 Å². The molecule has 0 radical (unpaired) electrons. The zero-order chi connectivity index (χ0) is 14.9. The Labute approximate surface area is 132 Å². The van der Waals surface area contributed by atoms with Crippen LogP contribution in [0.15, 0.2) is 20.0 Å². The topological polar surface area (TPSA) is 80.6 Å². The minimum atomic E-state index is -3.59. The Morgan fingerprint density at radius 2 is 2.10 bits per heavy atom. The first-order chi connectivity index (χ1) is 10.0. The fraction of sp³-hybridized carbons (Fsp3) is 0.692. The average Bonchev–Trinajstić information content (AvgIpc) is 3.19. The summed E-state index contributed by atoms with van der Waals surface area (Å²) in [5.74, 6) is 0.619. The minimum absolute atomic E-state index is 0.153. The zero-order valence-corrected chi connectivity index (χ0v) is 14.0. The van der Waals surface area contributed by atoms with Crippen molar-refractivity contribution in [3.63, 3.8) is 0 Å². The quantitative estimate of drug-likeness (QED) is 0.787. The van der Waals surface area contributed by atoms with Crippen LogP contribution in [0.5, 0.6) is 0 Å². The van der Waals surface area contributed by atoms with Gasteiger partial charge >= 0.3 is 0 Å². The molecule has 1 atom stereocenters. The van der Waals surface area contributed by atoms with E-state index in [2.05, 4.69) is 26.0 Å². The molecule has 2 fully saturated rings. The number of rotatable bonds is 6. The molecule has 0 spiro atoms. The van der Waals surface area contributed by atoms with Crippen molar-refractivity contribution in [2.24, 2.45) is 0 Å². The van der Waals surface area contributed by atoms with Gasteiger partial charge in [0, 0.05) is 24.8 Å². The van der Waals surface area contributed by atoms with Gasteiger partial charge in [-0.15, -0.1) is 0 Å². The lowest BCUT2D eigenvalue weighted by atomic mass is 10.1. The molecule has 0 amide bonds. The summed E-state index contributed by atoms with van der Waals surface area (Å²) >= 11 is 3.20. The summed E-state index contributed by atoms with van der Waals surface area (Å²) in [7, 11) is -3.59. The molecule has 1 aliphatic carbocycles. The predicted molar refractivity (Wildman–Crippen MR) is 80.4 cm³/mol. The Bertz CT molecular complexity index is 591. The van der Waals surface area contributed by atoms with Crippen LogP contribution in [0.3, 0.4) is 0 Å². The molecular formula is C13H19BrN2O4S. The van der Waals surface area contributed by atoms with Gasteiger partial charge in [-0.1, -0.05) is 0 Å². The maximum atomic E-state index is 12.4. The van der Waals surface area contributed by atoms with Gasteiger partial charge < -0.3 is 14.5 Å². The monoisotopic (exact) mass is 378 g/mol. The van der Waals surface area contributed by atoms with E-state index in [1.807, 2.05) is 0 Å². The lowest BCUT2D eigenvalue weighted by molar-refractivity contribution is 0.0774. The molecule has 21 heavy (non-hydrogen) atoms. The predicted octanol–water partition coefficient (Wildman–Crippen LogP) is 1.75. The molecule has 2 N–H and O–H groups in total. The first-order valence-corrected chi connectivity index (χ1v) is 9.44. The second-order valence-corrected chi connectivity index (χ2v) is 7.94. The molecular weight excluding hydrogens is 360 g/mol. The summed E-state index contributed by atoms with van der Waals surface area (Å²) in [6.45, 7) is 1.67. The third-order valence-corrected chi connectivity index (χ3v) is 6.00. The third-order valence-electron chi connectivity index (χ3n) is 3.62. The van der Waals surface area contributed by atoms with E-state index in [1.54, 1.807) is 6.07 Å². The average molecular weight is 379 g/mol. The van der Waals surface area contributed by atoms with Crippen molar-refractivity contribution < 1.29 is 17.6 Å². The number of furan rings is 1. The van der Waals surface area contributed by atoms with Crippen LogP contribution in [0.1, 0.15) is 31.4 Å². The molecule has 6 nitrogen and oxygen atoms in total. The molecule has 1 unspecified atom stereocenters. The standard InChI is InChI=1S/C13H19BrN2O4S/c14-13-12(6-11(20-13)7-15-9-3-4-9)21(17,18)16-10-2-1-5-19-8-10/h6,9-10,15-16H,1-5,7-8H2. The van der Waals surface area contributed by atoms with Crippen molar-refractivity contribution in [3.05, 3.63) is 16.5 Å². The lowest BCUT2D eigenvalue weighted by Crippen LogP contribution is -2.40. The van der Waals surface area contributed by atoms with E-state index >= 15 is 0 Å². The number of nitrogens with one attached hydrogen (secondary N) is 2. The fourth-order valence-electron chi connectivity index (χ4n) is 2.32. The van der Waals surface area contributed by atoms with Gasteiger partial charge in [-0.2, -0.15) is 0 Å². The largest absolute Gasteiger partial charge is 0.452 e. The van der Waals surface area contributed by atoms with Crippen molar-refractivity contribution in [2.45, 2.75) is 49.2 Å². The van der Waals surface area contributed by atoms with Gasteiger partial charge in [0.05, 0.1) is 13.2 Å². The van der Waals surface area contributed by atoms with E-state index in [0.29, 0.717) is 31.6 Å². The Morgan fingerprint density at radius 3 is 2.76 bits per heavy atom. The SMILES string of the molecule is O=S(=O)(NC1CCCOC1)c1cc(CNC2CC2)oc1Br. The Kier molecular flexibility index (Phi) is 4.70. The van der Waals surface area contributed by atoms with E-state index in [4.69, 9.17) is 9.15 Å². The number of hydrogen-bond acceptors (Lipinski definition) is 5. The first-order valence-electron chi connectivity index (χ1n) is 7.16. The molecule has 118 valence electrons. The molecule has 2 aliphatic rings. The molecule has 8 heteroatoms. The highest BCUT2D eigenvalue weighted by molar-refractivity contribution is 9.10. The summed E-state index contributed by atoms with van der Waals surface area (Å²) in [4.78, 5) is 0.153. The second-order valence-electron chi connectivity index (χ2n) is 5.54. The summed E-state index contributed by atoms with van der Waals surface area (Å²) in [5.41, 5.74) is 0. The Morgan fingerprint density at radius 1 is 1.29 bits per heavy atom. The van der Waals surface area contributed by atoms with Crippen molar-refractivity contribution in [2.75, 3.05) is 13.2 Å². The van der Waals surface area contributed by atoms with Gasteiger partial charge in [0.15, 0.2) is 4.67 Å². The summed E-state index contributed by atoms with van der Waals surface area (Å²) < 4.78 is 38.5. The summed E-state index contributed by atoms with van der Waals surface area (Å²) in [6, 6.07) is 1.95. The van der Waals surface area contributed by atoms with Crippen molar-refractivity contribution in [1.82, 2.24) is 10.0 Å². The summed E-state index contributed by atoms with van der Waals surface area (Å²) in [5, 5.41) is 3.30. The van der Waals surface area contributed by atoms with Crippen LogP contribution in [0.25, 0.3) is 0 Å². The normalized spacial score (nSPS) is 23.4. The molecule has 0 bridgehead atoms. The van der Waals surface area contributed by atoms with Gasteiger partial charge in [-0.25, -0.2) is 13.1 Å². The molecule has 1 aliphatic heterocycles. The highest BCUT2D eigenvalue weighted by atomic mass is 79.9. The van der Waals surface area contributed by atoms with Gasteiger partial charge in [-0.05, 0) is 41.6 Å². The maximum absolute atomic E-state index is 12.4. The van der Waals surface area contributed by atoms with Crippen LogP contribution in [-0.2, 0) is 21.3 Å². The highest BCUT2D eigenvalue weighted by Gasteiger charge is 2.27. The molecule has 0 aromatic carbocycles. The molecule has 1 aromatic heterocycles. The highest BCUT2D eigenvalue weighted by Crippen LogP contribution is 2.27. The maximum Gasteiger partial charge on any atom is 0.245 e. The second kappa shape index (κ2) is 6.37. The van der Waals surface area contributed by atoms with E-state index < -0.39 is 10.0 Å². The number of ether oxygens (including phenoxy) is 1. The molecule has 1 saturated carbocycles. The zero-order valence-electron chi connectivity index (χ0n) is 11.6. The number of sulfonamides is 1. The van der Waals surface area contributed by atoms with Gasteiger partial charge in [-0.3, -0.25) is 0 Å². The van der Waals surface area contributed by atoms with Crippen molar-refractivity contribution in [3.8, 4) is 0 Å². The Hall–Kier alpha value is -0.410. The smallest absolute Gasteiger partial charge is 0.245 e. The lowest BCUT2D eigenvalue weighted by Gasteiger charge is -2.22.